The van der Waals surface area contributed by atoms with Crippen molar-refractivity contribution < 1.29 is 4.42 Å². The van der Waals surface area contributed by atoms with Crippen molar-refractivity contribution in [3.05, 3.63) is 74.5 Å². The summed E-state index contributed by atoms with van der Waals surface area (Å²) >= 11 is 0. The second-order valence-electron chi connectivity index (χ2n) is 6.67. The summed E-state index contributed by atoms with van der Waals surface area (Å²) < 4.78 is 7.25. The van der Waals surface area contributed by atoms with Crippen LogP contribution in [0.3, 0.4) is 0 Å². The number of hydrogen-bond donors (Lipinski definition) is 0. The quantitative estimate of drug-likeness (QED) is 0.647. The third kappa shape index (κ3) is 1.75. The Labute approximate surface area is 137 Å². The van der Waals surface area contributed by atoms with E-state index in [1.807, 2.05) is 35.8 Å². The molecule has 1 saturated heterocycles. The van der Waals surface area contributed by atoms with Crippen molar-refractivity contribution >= 4 is 16.7 Å². The van der Waals surface area contributed by atoms with Gasteiger partial charge in [0.2, 0.25) is 0 Å². The number of nitrogens with zero attached hydrogens (tertiary/aromatic N) is 2. The molecule has 2 aliphatic rings. The van der Waals surface area contributed by atoms with Crippen LogP contribution < -0.4 is 16.1 Å². The van der Waals surface area contributed by atoms with Crippen LogP contribution in [0.2, 0.25) is 0 Å². The number of benzene rings is 1. The predicted octanol–water partition coefficient (Wildman–Crippen LogP) is 2.77. The van der Waals surface area contributed by atoms with Gasteiger partial charge in [0.05, 0.1) is 17.8 Å². The lowest BCUT2D eigenvalue weighted by Crippen LogP contribution is -2.35. The molecule has 5 heteroatoms. The molecule has 0 N–H and O–H groups in total. The summed E-state index contributed by atoms with van der Waals surface area (Å²) in [6.45, 7) is 2.77. The van der Waals surface area contributed by atoms with Gasteiger partial charge in [0.1, 0.15) is 5.58 Å². The van der Waals surface area contributed by atoms with E-state index in [1.165, 1.54) is 0 Å². The Kier molecular flexibility index (Phi) is 2.61. The number of fused-ring (bicyclic) bond motifs is 6. The van der Waals surface area contributed by atoms with E-state index in [0.717, 1.165) is 35.3 Å². The molecular formula is C19H16N2O3. The molecular weight excluding hydrogens is 304 g/mol. The van der Waals surface area contributed by atoms with Crippen molar-refractivity contribution in [1.29, 1.82) is 0 Å². The number of hydrogen-bond acceptors (Lipinski definition) is 4. The first kappa shape index (κ1) is 13.6. The summed E-state index contributed by atoms with van der Waals surface area (Å²) in [5.41, 5.74) is 3.39. The van der Waals surface area contributed by atoms with Crippen LogP contribution in [0.15, 0.2) is 56.5 Å². The van der Waals surface area contributed by atoms with Gasteiger partial charge in [-0.2, -0.15) is 0 Å². The Hall–Kier alpha value is -2.82. The standard InChI is InChI=1S/C19H16N2O3/c1-11-5-6-17-13(7-11)15(9-19(23)24-17)20-10-12-8-16(20)14-3-2-4-18(22)21(12)14/h2-7,9,12,16H,8,10H2,1H3/t12-,16+/m0/s1. The molecule has 120 valence electrons. The Morgan fingerprint density at radius 2 is 2.00 bits per heavy atom. The minimum absolute atomic E-state index is 0.0629. The van der Waals surface area contributed by atoms with Gasteiger partial charge in [-0.05, 0) is 31.5 Å². The molecule has 24 heavy (non-hydrogen) atoms. The topological polar surface area (TPSA) is 55.5 Å². The van der Waals surface area contributed by atoms with E-state index in [9.17, 15) is 9.59 Å². The average Bonchev–Trinajstić information content (AvgIpc) is 3.14. The number of anilines is 1. The Morgan fingerprint density at radius 3 is 2.88 bits per heavy atom. The van der Waals surface area contributed by atoms with Crippen LogP contribution in [-0.2, 0) is 0 Å². The van der Waals surface area contributed by atoms with Crippen molar-refractivity contribution in [2.75, 3.05) is 11.4 Å². The average molecular weight is 320 g/mol. The molecule has 0 saturated carbocycles. The number of rotatable bonds is 1. The summed E-state index contributed by atoms with van der Waals surface area (Å²) in [4.78, 5) is 26.4. The number of pyridine rings is 1. The normalized spacial score (nSPS) is 21.5. The van der Waals surface area contributed by atoms with Crippen LogP contribution in [0, 0.1) is 6.92 Å². The van der Waals surface area contributed by atoms with Crippen LogP contribution >= 0.6 is 0 Å². The molecule has 5 nitrogen and oxygen atoms in total. The molecule has 1 aromatic carbocycles. The SMILES string of the molecule is Cc1ccc2oc(=O)cc(N3C[C@@H]4C[C@@H]3c3cccc(=O)n34)c2c1. The summed E-state index contributed by atoms with van der Waals surface area (Å²) in [5.74, 6) is 0. The monoisotopic (exact) mass is 320 g/mol. The van der Waals surface area contributed by atoms with Gasteiger partial charge in [0.15, 0.2) is 0 Å². The van der Waals surface area contributed by atoms with E-state index in [2.05, 4.69) is 11.0 Å². The smallest absolute Gasteiger partial charge is 0.338 e. The van der Waals surface area contributed by atoms with Gasteiger partial charge in [0, 0.05) is 29.8 Å². The molecule has 0 unspecified atom stereocenters. The predicted molar refractivity (Wildman–Crippen MR) is 91.7 cm³/mol. The fourth-order valence-corrected chi connectivity index (χ4v) is 4.22. The largest absolute Gasteiger partial charge is 0.423 e. The van der Waals surface area contributed by atoms with E-state index in [-0.39, 0.29) is 23.3 Å². The van der Waals surface area contributed by atoms with E-state index in [4.69, 9.17) is 4.42 Å². The molecule has 2 aliphatic heterocycles. The van der Waals surface area contributed by atoms with E-state index < -0.39 is 0 Å². The fraction of sp³-hybridized carbons (Fsp3) is 0.263. The Morgan fingerprint density at radius 1 is 1.12 bits per heavy atom. The maximum Gasteiger partial charge on any atom is 0.338 e. The summed E-state index contributed by atoms with van der Waals surface area (Å²) in [5, 5.41) is 0.951. The fourth-order valence-electron chi connectivity index (χ4n) is 4.22. The van der Waals surface area contributed by atoms with Gasteiger partial charge in [-0.25, -0.2) is 4.79 Å². The summed E-state index contributed by atoms with van der Waals surface area (Å²) in [7, 11) is 0. The third-order valence-electron chi connectivity index (χ3n) is 5.19. The zero-order chi connectivity index (χ0) is 16.4. The summed E-state index contributed by atoms with van der Waals surface area (Å²) in [6.07, 6.45) is 0.910. The molecule has 2 aromatic heterocycles. The zero-order valence-electron chi connectivity index (χ0n) is 13.2. The van der Waals surface area contributed by atoms with Crippen LogP contribution in [0.25, 0.3) is 11.0 Å². The van der Waals surface area contributed by atoms with Crippen molar-refractivity contribution in [3.63, 3.8) is 0 Å². The maximum atomic E-state index is 12.1. The highest BCUT2D eigenvalue weighted by Crippen LogP contribution is 2.47. The lowest BCUT2D eigenvalue weighted by Gasteiger charge is -2.31. The molecule has 0 radical (unpaired) electrons. The van der Waals surface area contributed by atoms with Crippen LogP contribution in [0.1, 0.15) is 29.8 Å². The van der Waals surface area contributed by atoms with Gasteiger partial charge in [-0.3, -0.25) is 4.79 Å². The van der Waals surface area contributed by atoms with Gasteiger partial charge in [-0.15, -0.1) is 0 Å². The number of aryl methyl sites for hydroxylation is 1. The minimum atomic E-state index is -0.338. The molecule has 0 spiro atoms. The van der Waals surface area contributed by atoms with E-state index in [0.29, 0.717) is 5.58 Å². The lowest BCUT2D eigenvalue weighted by atomic mass is 10.1. The lowest BCUT2D eigenvalue weighted by molar-refractivity contribution is 0.543. The maximum absolute atomic E-state index is 12.1. The van der Waals surface area contributed by atoms with Crippen LogP contribution in [-0.4, -0.2) is 11.1 Å². The summed E-state index contributed by atoms with van der Waals surface area (Å²) in [6, 6.07) is 13.2. The first-order valence-corrected chi connectivity index (χ1v) is 8.14. The molecule has 2 bridgehead atoms. The molecule has 4 heterocycles. The van der Waals surface area contributed by atoms with Gasteiger partial charge >= 0.3 is 5.63 Å². The van der Waals surface area contributed by atoms with E-state index in [1.54, 1.807) is 12.1 Å². The molecule has 0 aliphatic carbocycles. The number of aromatic nitrogens is 1. The Balaban J connectivity index is 1.72. The molecule has 2 atom stereocenters. The van der Waals surface area contributed by atoms with Crippen molar-refractivity contribution in [1.82, 2.24) is 4.57 Å². The van der Waals surface area contributed by atoms with E-state index >= 15 is 0 Å². The Bertz CT molecular complexity index is 1100. The molecule has 3 aromatic rings. The van der Waals surface area contributed by atoms with Gasteiger partial charge in [-0.1, -0.05) is 17.7 Å². The van der Waals surface area contributed by atoms with Crippen molar-refractivity contribution in [2.24, 2.45) is 0 Å². The second-order valence-corrected chi connectivity index (χ2v) is 6.67. The zero-order valence-corrected chi connectivity index (χ0v) is 13.2. The van der Waals surface area contributed by atoms with Crippen molar-refractivity contribution in [2.45, 2.75) is 25.4 Å². The first-order valence-electron chi connectivity index (χ1n) is 8.14. The molecule has 1 fully saturated rings. The first-order chi connectivity index (χ1) is 11.6. The highest BCUT2D eigenvalue weighted by atomic mass is 16.4. The van der Waals surface area contributed by atoms with Crippen molar-refractivity contribution in [3.8, 4) is 0 Å². The highest BCUT2D eigenvalue weighted by Gasteiger charge is 2.43. The molecule has 5 rings (SSSR count). The van der Waals surface area contributed by atoms with Gasteiger partial charge < -0.3 is 13.9 Å². The second kappa shape index (κ2) is 4.60. The van der Waals surface area contributed by atoms with Crippen LogP contribution in [0.4, 0.5) is 5.69 Å². The molecule has 0 amide bonds. The third-order valence-corrected chi connectivity index (χ3v) is 5.19. The van der Waals surface area contributed by atoms with Gasteiger partial charge in [0.25, 0.3) is 5.56 Å². The van der Waals surface area contributed by atoms with Crippen LogP contribution in [0.5, 0.6) is 0 Å². The highest BCUT2D eigenvalue weighted by molar-refractivity contribution is 5.91. The minimum Gasteiger partial charge on any atom is -0.423 e.